The van der Waals surface area contributed by atoms with Gasteiger partial charge in [-0.15, -0.1) is 0 Å². The second kappa shape index (κ2) is 4.52. The van der Waals surface area contributed by atoms with Gasteiger partial charge in [-0.05, 0) is 44.6 Å². The Morgan fingerprint density at radius 3 is 2.40 bits per heavy atom. The molecular weight excluding hydrogens is 424 g/mol. The summed E-state index contributed by atoms with van der Waals surface area (Å²) >= 11 is 4.70. The molecule has 1 aromatic rings. The predicted molar refractivity (Wildman–Crippen MR) is 66.6 cm³/mol. The van der Waals surface area contributed by atoms with Crippen molar-refractivity contribution in [3.8, 4) is 0 Å². The van der Waals surface area contributed by atoms with Gasteiger partial charge in [-0.25, -0.2) is 8.42 Å². The van der Waals surface area contributed by atoms with Crippen molar-refractivity contribution in [3.63, 3.8) is 0 Å². The van der Waals surface area contributed by atoms with E-state index in [2.05, 4.69) is 15.9 Å². The molecule has 0 aromatic heterocycles. The number of hydrogen-bond acceptors (Lipinski definition) is 4. The third-order valence-corrected chi connectivity index (χ3v) is 4.72. The number of rotatable bonds is 2. The van der Waals surface area contributed by atoms with Crippen LogP contribution in [-0.2, 0) is 9.05 Å². The quantitative estimate of drug-likeness (QED) is 0.315. The molecule has 0 amide bonds. The van der Waals surface area contributed by atoms with Crippen molar-refractivity contribution in [2.45, 2.75) is 4.90 Å². The van der Waals surface area contributed by atoms with Crippen molar-refractivity contribution in [1.29, 1.82) is 0 Å². The van der Waals surface area contributed by atoms with E-state index < -0.39 is 14.0 Å². The zero-order valence-corrected chi connectivity index (χ0v) is 12.1. The summed E-state index contributed by atoms with van der Waals surface area (Å²) in [6.45, 7) is 0. The Balaban J connectivity index is 3.58. The molecule has 0 aliphatic heterocycles. The van der Waals surface area contributed by atoms with Gasteiger partial charge in [0.15, 0.2) is 0 Å². The predicted octanol–water partition coefficient (Wildman–Crippen LogP) is 2.89. The third-order valence-electron chi connectivity index (χ3n) is 1.46. The molecule has 5 nitrogen and oxygen atoms in total. The van der Waals surface area contributed by atoms with Gasteiger partial charge in [-0.3, -0.25) is 10.1 Å². The van der Waals surface area contributed by atoms with Crippen LogP contribution in [0.15, 0.2) is 21.5 Å². The van der Waals surface area contributed by atoms with Gasteiger partial charge >= 0.3 is 0 Å². The first kappa shape index (κ1) is 13.1. The van der Waals surface area contributed by atoms with Crippen LogP contribution >= 0.6 is 49.2 Å². The van der Waals surface area contributed by atoms with Crippen LogP contribution in [-0.4, -0.2) is 13.3 Å². The van der Waals surface area contributed by atoms with Crippen molar-refractivity contribution < 1.29 is 13.3 Å². The number of halogens is 3. The zero-order valence-electron chi connectivity index (χ0n) is 6.78. The van der Waals surface area contributed by atoms with E-state index in [1.165, 1.54) is 6.07 Å². The first-order valence-corrected chi connectivity index (χ1v) is 7.49. The molecule has 0 saturated heterocycles. The van der Waals surface area contributed by atoms with Crippen molar-refractivity contribution in [2.24, 2.45) is 0 Å². The Kier molecular flexibility index (Phi) is 3.95. The maximum atomic E-state index is 11.1. The van der Waals surface area contributed by atoms with Gasteiger partial charge in [0.05, 0.1) is 9.40 Å². The molecule has 82 valence electrons. The lowest BCUT2D eigenvalue weighted by molar-refractivity contribution is -0.385. The molecule has 1 rings (SSSR count). The Hall–Kier alpha value is 0.0700. The normalized spacial score (nSPS) is 11.4. The molecule has 0 N–H and O–H groups in total. The van der Waals surface area contributed by atoms with Crippen molar-refractivity contribution >= 4 is 63.9 Å². The fourth-order valence-electron chi connectivity index (χ4n) is 0.845. The summed E-state index contributed by atoms with van der Waals surface area (Å²) in [6.07, 6.45) is 0. The molecule has 0 atom stereocenters. The molecular formula is C6H2BrClINO4S. The standard InChI is InChI=1S/C6H2BrClINO4S/c7-3-1-4(9)6(15(8,13)14)2-5(3)10(11)12/h1-2H. The summed E-state index contributed by atoms with van der Waals surface area (Å²) in [5, 5.41) is 10.5. The number of nitro benzene ring substituents is 1. The second-order valence-corrected chi connectivity index (χ2v) is 6.98. The van der Waals surface area contributed by atoms with E-state index in [1.54, 1.807) is 22.6 Å². The van der Waals surface area contributed by atoms with E-state index >= 15 is 0 Å². The lowest BCUT2D eigenvalue weighted by Gasteiger charge is -2.01. The summed E-state index contributed by atoms with van der Waals surface area (Å²) < 4.78 is 22.7. The van der Waals surface area contributed by atoms with Crippen molar-refractivity contribution in [1.82, 2.24) is 0 Å². The molecule has 0 spiro atoms. The summed E-state index contributed by atoms with van der Waals surface area (Å²) in [5.74, 6) is 0. The lowest BCUT2D eigenvalue weighted by Crippen LogP contribution is -1.98. The van der Waals surface area contributed by atoms with Gasteiger partial charge in [0.1, 0.15) is 4.90 Å². The fourth-order valence-corrected chi connectivity index (χ4v) is 4.42. The Labute approximate surface area is 112 Å². The van der Waals surface area contributed by atoms with Gasteiger partial charge in [0.2, 0.25) is 0 Å². The highest BCUT2D eigenvalue weighted by Crippen LogP contribution is 2.32. The van der Waals surface area contributed by atoms with E-state index in [0.29, 0.717) is 3.57 Å². The maximum absolute atomic E-state index is 11.1. The zero-order chi connectivity index (χ0) is 11.8. The Bertz CT molecular complexity index is 532. The van der Waals surface area contributed by atoms with Crippen LogP contribution in [0.25, 0.3) is 0 Å². The van der Waals surface area contributed by atoms with Gasteiger partial charge in [0.25, 0.3) is 14.7 Å². The highest BCUT2D eigenvalue weighted by Gasteiger charge is 2.22. The summed E-state index contributed by atoms with van der Waals surface area (Å²) in [5.41, 5.74) is -0.338. The maximum Gasteiger partial charge on any atom is 0.284 e. The first-order valence-electron chi connectivity index (χ1n) is 3.31. The van der Waals surface area contributed by atoms with Crippen molar-refractivity contribution in [2.75, 3.05) is 0 Å². The average Bonchev–Trinajstić information content (AvgIpc) is 2.00. The monoisotopic (exact) mass is 425 g/mol. The smallest absolute Gasteiger partial charge is 0.258 e. The molecule has 9 heteroatoms. The third kappa shape index (κ3) is 3.02. The molecule has 1 aromatic carbocycles. The van der Waals surface area contributed by atoms with Gasteiger partial charge in [0, 0.05) is 20.3 Å². The minimum atomic E-state index is -3.97. The highest BCUT2D eigenvalue weighted by molar-refractivity contribution is 14.1. The van der Waals surface area contributed by atoms with Crippen molar-refractivity contribution in [3.05, 3.63) is 30.3 Å². The molecule has 0 radical (unpaired) electrons. The Morgan fingerprint density at radius 1 is 1.47 bits per heavy atom. The first-order chi connectivity index (χ1) is 6.73. The molecule has 0 aliphatic carbocycles. The number of hydrogen-bond donors (Lipinski definition) is 0. The topological polar surface area (TPSA) is 77.3 Å². The molecule has 0 fully saturated rings. The average molecular weight is 426 g/mol. The van der Waals surface area contributed by atoms with E-state index in [0.717, 1.165) is 6.07 Å². The van der Waals surface area contributed by atoms with Crippen LogP contribution in [0.5, 0.6) is 0 Å². The second-order valence-electron chi connectivity index (χ2n) is 2.43. The van der Waals surface area contributed by atoms with E-state index in [9.17, 15) is 18.5 Å². The molecule has 0 unspecified atom stereocenters. The number of benzene rings is 1. The fraction of sp³-hybridized carbons (Fsp3) is 0. The summed E-state index contributed by atoms with van der Waals surface area (Å²) in [4.78, 5) is 9.59. The van der Waals surface area contributed by atoms with Crippen LogP contribution in [0.2, 0.25) is 0 Å². The SMILES string of the molecule is O=[N+]([O-])c1cc(S(=O)(=O)Cl)c(I)cc1Br. The van der Waals surface area contributed by atoms with Crippen LogP contribution < -0.4 is 0 Å². The number of nitro groups is 1. The summed E-state index contributed by atoms with van der Waals surface area (Å²) in [7, 11) is 1.16. The van der Waals surface area contributed by atoms with Gasteiger partial charge in [-0.2, -0.15) is 0 Å². The molecule has 0 bridgehead atoms. The number of nitrogens with zero attached hydrogens (tertiary/aromatic N) is 1. The van der Waals surface area contributed by atoms with Gasteiger partial charge < -0.3 is 0 Å². The lowest BCUT2D eigenvalue weighted by atomic mass is 10.3. The highest BCUT2D eigenvalue weighted by atomic mass is 127. The molecule has 0 aliphatic rings. The van der Waals surface area contributed by atoms with E-state index in [4.69, 9.17) is 10.7 Å². The van der Waals surface area contributed by atoms with Crippen LogP contribution in [0.1, 0.15) is 0 Å². The van der Waals surface area contributed by atoms with E-state index in [-0.39, 0.29) is 15.1 Å². The Morgan fingerprint density at radius 2 is 2.00 bits per heavy atom. The summed E-state index contributed by atoms with van der Waals surface area (Å²) in [6, 6.07) is 2.25. The molecule has 0 heterocycles. The minimum Gasteiger partial charge on any atom is -0.258 e. The molecule has 0 saturated carbocycles. The largest absolute Gasteiger partial charge is 0.284 e. The minimum absolute atomic E-state index is 0.209. The molecule has 15 heavy (non-hydrogen) atoms. The van der Waals surface area contributed by atoms with Crippen LogP contribution in [0.4, 0.5) is 5.69 Å². The van der Waals surface area contributed by atoms with E-state index in [1.807, 2.05) is 0 Å². The van der Waals surface area contributed by atoms with Crippen LogP contribution in [0.3, 0.4) is 0 Å². The van der Waals surface area contributed by atoms with Gasteiger partial charge in [-0.1, -0.05) is 0 Å². The van der Waals surface area contributed by atoms with Crippen LogP contribution in [0, 0.1) is 13.7 Å².